The van der Waals surface area contributed by atoms with E-state index in [1.165, 1.54) is 29.2 Å². The molecule has 5 nitrogen and oxygen atoms in total. The molecule has 2 aromatic carbocycles. The van der Waals surface area contributed by atoms with E-state index in [0.717, 1.165) is 5.75 Å². The summed E-state index contributed by atoms with van der Waals surface area (Å²) in [6, 6.07) is 12.7. The molecule has 3 rings (SSSR count). The Hall–Kier alpha value is -3.15. The number of rotatable bonds is 7. The lowest BCUT2D eigenvalue weighted by atomic mass is 10.0. The van der Waals surface area contributed by atoms with Gasteiger partial charge in [0.05, 0.1) is 12.2 Å². The van der Waals surface area contributed by atoms with E-state index in [1.54, 1.807) is 24.3 Å². The van der Waals surface area contributed by atoms with Crippen molar-refractivity contribution in [2.24, 2.45) is 5.92 Å². The van der Waals surface area contributed by atoms with E-state index in [0.29, 0.717) is 24.4 Å². The summed E-state index contributed by atoms with van der Waals surface area (Å²) in [5.41, 5.74) is 1.60. The van der Waals surface area contributed by atoms with Crippen LogP contribution in [0.15, 0.2) is 54.2 Å². The van der Waals surface area contributed by atoms with Crippen LogP contribution in [0.4, 0.5) is 10.1 Å². The molecular formula is C22H23FN2O3. The highest BCUT2D eigenvalue weighted by molar-refractivity contribution is 6.36. The van der Waals surface area contributed by atoms with Crippen molar-refractivity contribution < 1.29 is 18.7 Å². The first-order valence-corrected chi connectivity index (χ1v) is 9.27. The molecule has 0 spiro atoms. The molecular weight excluding hydrogens is 359 g/mol. The van der Waals surface area contributed by atoms with Gasteiger partial charge in [-0.15, -0.1) is 0 Å². The maximum atomic E-state index is 13.3. The number of carbonyl (C=O) groups excluding carboxylic acids is 2. The van der Waals surface area contributed by atoms with E-state index in [1.807, 2.05) is 20.8 Å². The van der Waals surface area contributed by atoms with Gasteiger partial charge in [0.1, 0.15) is 17.3 Å². The molecule has 0 aromatic heterocycles. The van der Waals surface area contributed by atoms with Gasteiger partial charge in [0.15, 0.2) is 0 Å². The Labute approximate surface area is 163 Å². The van der Waals surface area contributed by atoms with Gasteiger partial charge < -0.3 is 10.1 Å². The number of anilines is 1. The minimum absolute atomic E-state index is 0.132. The van der Waals surface area contributed by atoms with Crippen LogP contribution in [0.3, 0.4) is 0 Å². The van der Waals surface area contributed by atoms with Crippen molar-refractivity contribution >= 4 is 23.1 Å². The van der Waals surface area contributed by atoms with Crippen molar-refractivity contribution in [1.29, 1.82) is 0 Å². The van der Waals surface area contributed by atoms with Gasteiger partial charge in [-0.05, 0) is 54.8 Å². The molecule has 2 aromatic rings. The molecule has 1 heterocycles. The number of amides is 2. The zero-order valence-electron chi connectivity index (χ0n) is 16.2. The largest absolute Gasteiger partial charge is 0.494 e. The number of carbonyl (C=O) groups is 2. The zero-order valence-corrected chi connectivity index (χ0v) is 16.2. The minimum atomic E-state index is -0.402. The standard InChI is InChI=1S/C22H23FN2O3/c1-4-28-18-11-9-17(10-12-18)24-20-19(15-5-7-16(23)8-6-15)21(26)25(22(20)27)13-14(2)3/h5-12,14,24H,4,13H2,1-3H3. The highest BCUT2D eigenvalue weighted by Crippen LogP contribution is 2.31. The van der Waals surface area contributed by atoms with Crippen LogP contribution in [-0.2, 0) is 9.59 Å². The first-order chi connectivity index (χ1) is 13.4. The van der Waals surface area contributed by atoms with Crippen molar-refractivity contribution in [3.63, 3.8) is 0 Å². The van der Waals surface area contributed by atoms with Crippen molar-refractivity contribution in [1.82, 2.24) is 4.90 Å². The van der Waals surface area contributed by atoms with Gasteiger partial charge in [-0.25, -0.2) is 4.39 Å². The van der Waals surface area contributed by atoms with Gasteiger partial charge in [-0.2, -0.15) is 0 Å². The van der Waals surface area contributed by atoms with Crippen LogP contribution in [0.5, 0.6) is 5.75 Å². The van der Waals surface area contributed by atoms with Crippen LogP contribution in [0.25, 0.3) is 5.57 Å². The number of nitrogens with zero attached hydrogens (tertiary/aromatic N) is 1. The molecule has 2 amide bonds. The lowest BCUT2D eigenvalue weighted by Crippen LogP contribution is -2.35. The minimum Gasteiger partial charge on any atom is -0.494 e. The second kappa shape index (κ2) is 8.25. The SMILES string of the molecule is CCOc1ccc(NC2=C(c3ccc(F)cc3)C(=O)N(CC(C)C)C2=O)cc1. The monoisotopic (exact) mass is 382 g/mol. The molecule has 146 valence electrons. The summed E-state index contributed by atoms with van der Waals surface area (Å²) >= 11 is 0. The van der Waals surface area contributed by atoms with Crippen molar-refractivity contribution in [2.45, 2.75) is 20.8 Å². The molecule has 0 unspecified atom stereocenters. The van der Waals surface area contributed by atoms with Gasteiger partial charge in [0.2, 0.25) is 0 Å². The summed E-state index contributed by atoms with van der Waals surface area (Å²) in [6.07, 6.45) is 0. The third-order valence-electron chi connectivity index (χ3n) is 4.28. The summed E-state index contributed by atoms with van der Waals surface area (Å²) < 4.78 is 18.8. The van der Waals surface area contributed by atoms with Crippen LogP contribution in [-0.4, -0.2) is 29.9 Å². The molecule has 1 N–H and O–H groups in total. The van der Waals surface area contributed by atoms with E-state index < -0.39 is 5.82 Å². The van der Waals surface area contributed by atoms with Crippen LogP contribution in [0, 0.1) is 11.7 Å². The fourth-order valence-electron chi connectivity index (χ4n) is 3.05. The summed E-state index contributed by atoms with van der Waals surface area (Å²) in [5, 5.41) is 3.08. The van der Waals surface area contributed by atoms with Gasteiger partial charge in [-0.3, -0.25) is 14.5 Å². The molecule has 0 atom stereocenters. The fourth-order valence-corrected chi connectivity index (χ4v) is 3.05. The van der Waals surface area contributed by atoms with Crippen LogP contribution in [0.2, 0.25) is 0 Å². The molecule has 0 radical (unpaired) electrons. The van der Waals surface area contributed by atoms with Crippen LogP contribution in [0.1, 0.15) is 26.3 Å². The van der Waals surface area contributed by atoms with E-state index >= 15 is 0 Å². The van der Waals surface area contributed by atoms with Gasteiger partial charge >= 0.3 is 0 Å². The Bertz CT molecular complexity index is 902. The van der Waals surface area contributed by atoms with Gasteiger partial charge in [0, 0.05) is 12.2 Å². The summed E-state index contributed by atoms with van der Waals surface area (Å²) in [6.45, 7) is 6.66. The number of halogens is 1. The summed E-state index contributed by atoms with van der Waals surface area (Å²) in [4.78, 5) is 27.2. The number of benzene rings is 2. The Morgan fingerprint density at radius 2 is 1.64 bits per heavy atom. The molecule has 0 aliphatic carbocycles. The normalized spacial score (nSPS) is 14.2. The predicted octanol–water partition coefficient (Wildman–Crippen LogP) is 4.07. The van der Waals surface area contributed by atoms with E-state index in [4.69, 9.17) is 4.74 Å². The molecule has 6 heteroatoms. The third kappa shape index (κ3) is 4.06. The number of nitrogens with one attached hydrogen (secondary N) is 1. The van der Waals surface area contributed by atoms with Crippen LogP contribution >= 0.6 is 0 Å². The number of hydrogen-bond donors (Lipinski definition) is 1. The second-order valence-corrected chi connectivity index (χ2v) is 6.95. The predicted molar refractivity (Wildman–Crippen MR) is 106 cm³/mol. The van der Waals surface area contributed by atoms with E-state index in [9.17, 15) is 14.0 Å². The topological polar surface area (TPSA) is 58.6 Å². The highest BCUT2D eigenvalue weighted by atomic mass is 19.1. The third-order valence-corrected chi connectivity index (χ3v) is 4.28. The smallest absolute Gasteiger partial charge is 0.278 e. The lowest BCUT2D eigenvalue weighted by Gasteiger charge is -2.17. The lowest BCUT2D eigenvalue weighted by molar-refractivity contribution is -0.137. The molecule has 0 fully saturated rings. The molecule has 0 bridgehead atoms. The van der Waals surface area contributed by atoms with Crippen molar-refractivity contribution in [3.8, 4) is 5.75 Å². The quantitative estimate of drug-likeness (QED) is 0.734. The highest BCUT2D eigenvalue weighted by Gasteiger charge is 2.39. The number of imide groups is 1. The Balaban J connectivity index is 1.98. The zero-order chi connectivity index (χ0) is 20.3. The summed E-state index contributed by atoms with van der Waals surface area (Å²) in [7, 11) is 0. The Morgan fingerprint density at radius 3 is 2.21 bits per heavy atom. The maximum Gasteiger partial charge on any atom is 0.278 e. The van der Waals surface area contributed by atoms with Crippen molar-refractivity contribution in [3.05, 3.63) is 65.6 Å². The Kier molecular flexibility index (Phi) is 5.78. The fraction of sp³-hybridized carbons (Fsp3) is 0.273. The second-order valence-electron chi connectivity index (χ2n) is 6.95. The first kappa shape index (κ1) is 19.6. The van der Waals surface area contributed by atoms with Crippen LogP contribution < -0.4 is 10.1 Å². The number of hydrogen-bond acceptors (Lipinski definition) is 4. The molecule has 28 heavy (non-hydrogen) atoms. The molecule has 1 aliphatic rings. The Morgan fingerprint density at radius 1 is 1.00 bits per heavy atom. The summed E-state index contributed by atoms with van der Waals surface area (Å²) in [5.74, 6) is -0.310. The average Bonchev–Trinajstić information content (AvgIpc) is 2.88. The number of ether oxygens (including phenoxy) is 1. The molecule has 0 saturated heterocycles. The average molecular weight is 382 g/mol. The van der Waals surface area contributed by atoms with Gasteiger partial charge in [-0.1, -0.05) is 26.0 Å². The van der Waals surface area contributed by atoms with E-state index in [-0.39, 0.29) is 29.0 Å². The molecule has 0 saturated carbocycles. The maximum absolute atomic E-state index is 13.3. The molecule has 1 aliphatic heterocycles. The van der Waals surface area contributed by atoms with Gasteiger partial charge in [0.25, 0.3) is 11.8 Å². The van der Waals surface area contributed by atoms with E-state index in [2.05, 4.69) is 5.32 Å². The van der Waals surface area contributed by atoms with Crippen molar-refractivity contribution in [2.75, 3.05) is 18.5 Å². The first-order valence-electron chi connectivity index (χ1n) is 9.27.